The molecule has 138 valence electrons. The van der Waals surface area contributed by atoms with Crippen LogP contribution in [0.25, 0.3) is 10.8 Å². The van der Waals surface area contributed by atoms with Crippen LogP contribution in [0.2, 0.25) is 26.2 Å². The van der Waals surface area contributed by atoms with E-state index in [1.54, 1.807) is 0 Å². The molecule has 0 atom stereocenters. The fourth-order valence-corrected chi connectivity index (χ4v) is 14.9. The Kier molecular flexibility index (Phi) is 3.60. The smallest absolute Gasteiger partial charge is 0.206 e. The van der Waals surface area contributed by atoms with E-state index >= 15 is 0 Å². The van der Waals surface area contributed by atoms with Gasteiger partial charge in [-0.2, -0.15) is 0 Å². The second-order valence-electron chi connectivity index (χ2n) is 8.60. The number of anilines is 1. The lowest BCUT2D eigenvalue weighted by molar-refractivity contribution is 0.293. The molecule has 0 saturated carbocycles. The first kappa shape index (κ1) is 17.0. The number of para-hydroxylation sites is 1. The molecule has 2 heterocycles. The van der Waals surface area contributed by atoms with Gasteiger partial charge in [-0.1, -0.05) is 36.4 Å². The third-order valence-electron chi connectivity index (χ3n) is 5.84. The third-order valence-corrected chi connectivity index (χ3v) is 13.6. The Labute approximate surface area is 162 Å². The van der Waals surface area contributed by atoms with Crippen LogP contribution in [-0.2, 0) is 10.7 Å². The summed E-state index contributed by atoms with van der Waals surface area (Å²) in [6.45, 7) is 10.8. The number of hydrogen-bond donors (Lipinski definition) is 0. The molecular weight excluding hydrogens is 366 g/mol. The lowest BCUT2D eigenvalue weighted by atomic mass is 10.0. The van der Waals surface area contributed by atoms with Gasteiger partial charge in [0.2, 0.25) is 16.6 Å². The summed E-state index contributed by atoms with van der Waals surface area (Å²) in [4.78, 5) is 2.28. The van der Waals surface area contributed by atoms with Crippen LogP contribution in [0.1, 0.15) is 5.56 Å². The molecule has 3 aromatic rings. The first-order valence-corrected chi connectivity index (χ1v) is 15.4. The molecule has 0 radical (unpaired) electrons. The average Bonchev–Trinajstić information content (AvgIpc) is 2.84. The molecule has 0 fully saturated rings. The zero-order valence-corrected chi connectivity index (χ0v) is 18.4. The number of rotatable bonds is 1. The molecule has 5 rings (SSSR count). The summed E-state index contributed by atoms with van der Waals surface area (Å²) < 4.78 is 12.9. The summed E-state index contributed by atoms with van der Waals surface area (Å²) in [5.41, 5.74) is 2.46. The fourth-order valence-electron chi connectivity index (χ4n) is 4.63. The fraction of sp³-hybridized carbons (Fsp3) is 0.273. The lowest BCUT2D eigenvalue weighted by Gasteiger charge is -2.31. The van der Waals surface area contributed by atoms with Gasteiger partial charge in [0.25, 0.3) is 0 Å². The Morgan fingerprint density at radius 3 is 2.30 bits per heavy atom. The topological polar surface area (TPSA) is 21.7 Å². The van der Waals surface area contributed by atoms with Crippen molar-refractivity contribution >= 4 is 43.5 Å². The summed E-state index contributed by atoms with van der Waals surface area (Å²) in [7, 11) is -3.62. The summed E-state index contributed by atoms with van der Waals surface area (Å²) in [6.07, 6.45) is 0. The van der Waals surface area contributed by atoms with E-state index in [9.17, 15) is 0 Å². The van der Waals surface area contributed by atoms with E-state index in [4.69, 9.17) is 8.85 Å². The zero-order valence-electron chi connectivity index (χ0n) is 16.4. The van der Waals surface area contributed by atoms with Crippen LogP contribution in [0.4, 0.5) is 5.69 Å². The standard InChI is InChI=1S/C22H25NO2Si2/c1-26(2)20-12-16-10-11-17-14-23(18-8-6-5-7-9-18)15-24-22(17)19(16)13-21(20)27(3,4)25-26/h5-13H,14-15H2,1-4H3. The minimum absolute atomic E-state index is 0.588. The number of fused-ring (bicyclic) bond motifs is 4. The van der Waals surface area contributed by atoms with Crippen molar-refractivity contribution in [2.24, 2.45) is 0 Å². The van der Waals surface area contributed by atoms with Crippen molar-refractivity contribution in [2.75, 3.05) is 11.6 Å². The average molecular weight is 392 g/mol. The molecule has 0 bridgehead atoms. The van der Waals surface area contributed by atoms with E-state index in [0.29, 0.717) is 6.73 Å². The molecule has 0 aliphatic carbocycles. The van der Waals surface area contributed by atoms with E-state index in [2.05, 4.69) is 85.7 Å². The summed E-state index contributed by atoms with van der Waals surface area (Å²) in [6, 6.07) is 19.7. The highest BCUT2D eigenvalue weighted by molar-refractivity contribution is 7.06. The molecule has 0 saturated heterocycles. The van der Waals surface area contributed by atoms with Crippen molar-refractivity contribution in [3.8, 4) is 5.75 Å². The summed E-state index contributed by atoms with van der Waals surface area (Å²) in [5, 5.41) is 5.47. The van der Waals surface area contributed by atoms with Gasteiger partial charge in [-0.15, -0.1) is 0 Å². The predicted octanol–water partition coefficient (Wildman–Crippen LogP) is 4.05. The highest BCUT2D eigenvalue weighted by Crippen LogP contribution is 2.36. The minimum Gasteiger partial charge on any atom is -0.472 e. The maximum atomic E-state index is 6.63. The van der Waals surface area contributed by atoms with Gasteiger partial charge in [-0.05, 0) is 60.1 Å². The number of ether oxygens (including phenoxy) is 1. The monoisotopic (exact) mass is 391 g/mol. The van der Waals surface area contributed by atoms with Gasteiger partial charge in [-0.25, -0.2) is 0 Å². The highest BCUT2D eigenvalue weighted by atomic mass is 28.4. The number of hydrogen-bond acceptors (Lipinski definition) is 3. The van der Waals surface area contributed by atoms with Crippen LogP contribution in [0.5, 0.6) is 5.75 Å². The van der Waals surface area contributed by atoms with Crippen LogP contribution < -0.4 is 20.0 Å². The predicted molar refractivity (Wildman–Crippen MR) is 117 cm³/mol. The molecule has 0 unspecified atom stereocenters. The molecule has 27 heavy (non-hydrogen) atoms. The summed E-state index contributed by atoms with van der Waals surface area (Å²) >= 11 is 0. The Hall–Kier alpha value is -2.09. The molecular formula is C22H25NO2Si2. The van der Waals surface area contributed by atoms with Crippen molar-refractivity contribution in [1.82, 2.24) is 0 Å². The van der Waals surface area contributed by atoms with Crippen LogP contribution in [-0.4, -0.2) is 23.4 Å². The molecule has 3 aromatic carbocycles. The van der Waals surface area contributed by atoms with E-state index in [0.717, 1.165) is 12.3 Å². The van der Waals surface area contributed by atoms with E-state index in [1.165, 1.54) is 32.4 Å². The summed E-state index contributed by atoms with van der Waals surface area (Å²) in [5.74, 6) is 1.05. The highest BCUT2D eigenvalue weighted by Gasteiger charge is 2.46. The van der Waals surface area contributed by atoms with E-state index < -0.39 is 16.6 Å². The van der Waals surface area contributed by atoms with Crippen molar-refractivity contribution in [1.29, 1.82) is 0 Å². The van der Waals surface area contributed by atoms with Gasteiger partial charge < -0.3 is 13.8 Å². The minimum atomic E-state index is -1.83. The van der Waals surface area contributed by atoms with Crippen molar-refractivity contribution < 1.29 is 8.85 Å². The Morgan fingerprint density at radius 2 is 1.56 bits per heavy atom. The zero-order chi connectivity index (χ0) is 18.8. The van der Waals surface area contributed by atoms with Gasteiger partial charge in [0.15, 0.2) is 6.73 Å². The Bertz CT molecular complexity index is 1050. The molecule has 2 aliphatic heterocycles. The van der Waals surface area contributed by atoms with Crippen molar-refractivity contribution in [2.45, 2.75) is 32.7 Å². The van der Waals surface area contributed by atoms with Crippen molar-refractivity contribution in [3.05, 3.63) is 60.2 Å². The van der Waals surface area contributed by atoms with Crippen LogP contribution in [0.15, 0.2) is 54.6 Å². The molecule has 0 aromatic heterocycles. The molecule has 5 heteroatoms. The Morgan fingerprint density at radius 1 is 0.852 bits per heavy atom. The first-order chi connectivity index (χ1) is 12.9. The van der Waals surface area contributed by atoms with Crippen LogP contribution >= 0.6 is 0 Å². The lowest BCUT2D eigenvalue weighted by Crippen LogP contribution is -2.44. The third kappa shape index (κ3) is 2.64. The molecule has 0 spiro atoms. The van der Waals surface area contributed by atoms with E-state index in [-0.39, 0.29) is 0 Å². The second kappa shape index (κ2) is 5.70. The maximum absolute atomic E-state index is 6.63. The molecule has 3 nitrogen and oxygen atoms in total. The van der Waals surface area contributed by atoms with Crippen LogP contribution in [0, 0.1) is 0 Å². The van der Waals surface area contributed by atoms with Gasteiger partial charge >= 0.3 is 0 Å². The SMILES string of the molecule is C[Si]1(C)O[Si](C)(C)c2cc3c4c(ccc3cc21)CN(c1ccccc1)CO4. The van der Waals surface area contributed by atoms with Gasteiger partial charge in [0.05, 0.1) is 0 Å². The normalized spacial score (nSPS) is 19.5. The van der Waals surface area contributed by atoms with Gasteiger partial charge in [0, 0.05) is 23.2 Å². The molecule has 0 amide bonds. The second-order valence-corrected chi connectivity index (χ2v) is 16.5. The number of benzene rings is 3. The van der Waals surface area contributed by atoms with Gasteiger partial charge in [0.1, 0.15) is 5.75 Å². The Balaban J connectivity index is 1.62. The molecule has 2 aliphatic rings. The quantitative estimate of drug-likeness (QED) is 0.584. The molecule has 0 N–H and O–H groups in total. The van der Waals surface area contributed by atoms with E-state index in [1.807, 2.05) is 0 Å². The first-order valence-electron chi connectivity index (χ1n) is 9.59. The van der Waals surface area contributed by atoms with Gasteiger partial charge in [-0.3, -0.25) is 0 Å². The largest absolute Gasteiger partial charge is 0.472 e. The van der Waals surface area contributed by atoms with Crippen molar-refractivity contribution in [3.63, 3.8) is 0 Å². The van der Waals surface area contributed by atoms with Crippen LogP contribution in [0.3, 0.4) is 0 Å². The maximum Gasteiger partial charge on any atom is 0.206 e. The number of nitrogens with zero attached hydrogens (tertiary/aromatic N) is 1.